The zero-order valence-corrected chi connectivity index (χ0v) is 11.3. The molecule has 1 aliphatic heterocycles. The fourth-order valence-electron chi connectivity index (χ4n) is 3.09. The van der Waals surface area contributed by atoms with Gasteiger partial charge in [0.15, 0.2) is 0 Å². The molecule has 0 spiro atoms. The minimum Gasteiger partial charge on any atom is -0.488 e. The summed E-state index contributed by atoms with van der Waals surface area (Å²) in [7, 11) is 2.09. The number of hydrogen-bond acceptors (Lipinski definition) is 2. The summed E-state index contributed by atoms with van der Waals surface area (Å²) in [5.41, 5.74) is 5.67. The number of hydrogen-bond donors (Lipinski definition) is 1. The van der Waals surface area contributed by atoms with Gasteiger partial charge in [-0.3, -0.25) is 0 Å². The maximum Gasteiger partial charge on any atom is 0.129 e. The van der Waals surface area contributed by atoms with Crippen molar-refractivity contribution >= 4 is 10.9 Å². The first kappa shape index (κ1) is 11.6. The number of fused-ring (bicyclic) bond motifs is 5. The molecule has 4 rings (SSSR count). The zero-order valence-electron chi connectivity index (χ0n) is 11.3. The molecule has 100 valence electrons. The van der Waals surface area contributed by atoms with Gasteiger partial charge >= 0.3 is 0 Å². The molecule has 3 heteroatoms. The first-order valence-electron chi connectivity index (χ1n) is 6.73. The number of aliphatic hydroxyl groups excluding tert-OH is 1. The first-order chi connectivity index (χ1) is 9.79. The van der Waals surface area contributed by atoms with Gasteiger partial charge in [0.2, 0.25) is 0 Å². The van der Waals surface area contributed by atoms with Crippen LogP contribution in [-0.4, -0.2) is 9.67 Å². The van der Waals surface area contributed by atoms with Crippen molar-refractivity contribution in [1.29, 1.82) is 0 Å². The highest BCUT2D eigenvalue weighted by atomic mass is 16.5. The molecule has 0 unspecified atom stereocenters. The van der Waals surface area contributed by atoms with Crippen LogP contribution in [0.25, 0.3) is 22.2 Å². The van der Waals surface area contributed by atoms with E-state index in [2.05, 4.69) is 29.8 Å². The van der Waals surface area contributed by atoms with Crippen LogP contribution in [0.1, 0.15) is 11.1 Å². The molecular weight excluding hydrogens is 250 g/mol. The molecular formula is C17H15NO2. The second-order valence-corrected chi connectivity index (χ2v) is 5.18. The number of para-hydroxylation sites is 1. The third kappa shape index (κ3) is 1.44. The van der Waals surface area contributed by atoms with Crippen molar-refractivity contribution < 1.29 is 9.84 Å². The van der Waals surface area contributed by atoms with E-state index in [9.17, 15) is 5.11 Å². The van der Waals surface area contributed by atoms with E-state index in [-0.39, 0.29) is 6.61 Å². The van der Waals surface area contributed by atoms with Crippen LogP contribution in [0.15, 0.2) is 42.5 Å². The molecule has 1 aliphatic rings. The highest BCUT2D eigenvalue weighted by Gasteiger charge is 2.23. The van der Waals surface area contributed by atoms with Crippen LogP contribution >= 0.6 is 0 Å². The average molecular weight is 265 g/mol. The minimum absolute atomic E-state index is 0.0665. The summed E-state index contributed by atoms with van der Waals surface area (Å²) in [6, 6.07) is 14.2. The van der Waals surface area contributed by atoms with Crippen LogP contribution in [0.4, 0.5) is 0 Å². The quantitative estimate of drug-likeness (QED) is 0.733. The van der Waals surface area contributed by atoms with E-state index < -0.39 is 0 Å². The second-order valence-electron chi connectivity index (χ2n) is 5.18. The summed E-state index contributed by atoms with van der Waals surface area (Å²) in [5.74, 6) is 0.938. The van der Waals surface area contributed by atoms with Crippen molar-refractivity contribution in [2.24, 2.45) is 7.05 Å². The van der Waals surface area contributed by atoms with Gasteiger partial charge in [-0.25, -0.2) is 0 Å². The van der Waals surface area contributed by atoms with Crippen LogP contribution in [-0.2, 0) is 20.3 Å². The lowest BCUT2D eigenvalue weighted by molar-refractivity contribution is 0.282. The largest absolute Gasteiger partial charge is 0.488 e. The van der Waals surface area contributed by atoms with Gasteiger partial charge in [0.25, 0.3) is 0 Å². The Labute approximate surface area is 117 Å². The SMILES string of the molecule is Cn1c2c(c3cc(CO)ccc31)COc1ccccc1-2. The molecule has 0 fully saturated rings. The summed E-state index contributed by atoms with van der Waals surface area (Å²) in [6.45, 7) is 0.648. The Morgan fingerprint density at radius 3 is 2.90 bits per heavy atom. The van der Waals surface area contributed by atoms with Crippen molar-refractivity contribution in [2.75, 3.05) is 0 Å². The number of aliphatic hydroxyl groups is 1. The zero-order chi connectivity index (χ0) is 13.7. The number of nitrogens with zero attached hydrogens (tertiary/aromatic N) is 1. The fourth-order valence-corrected chi connectivity index (χ4v) is 3.09. The van der Waals surface area contributed by atoms with E-state index in [1.54, 1.807) is 0 Å². The highest BCUT2D eigenvalue weighted by Crippen LogP contribution is 2.41. The fraction of sp³-hybridized carbons (Fsp3) is 0.176. The average Bonchev–Trinajstić information content (AvgIpc) is 2.80. The lowest BCUT2D eigenvalue weighted by Gasteiger charge is -2.19. The van der Waals surface area contributed by atoms with E-state index in [0.717, 1.165) is 16.9 Å². The molecule has 0 radical (unpaired) electrons. The van der Waals surface area contributed by atoms with Crippen molar-refractivity contribution in [3.8, 4) is 17.0 Å². The van der Waals surface area contributed by atoms with E-state index in [4.69, 9.17) is 4.74 Å². The van der Waals surface area contributed by atoms with Crippen LogP contribution in [0.2, 0.25) is 0 Å². The Morgan fingerprint density at radius 2 is 2.05 bits per heavy atom. The van der Waals surface area contributed by atoms with Gasteiger partial charge in [0.05, 0.1) is 12.3 Å². The predicted molar refractivity (Wildman–Crippen MR) is 78.6 cm³/mol. The van der Waals surface area contributed by atoms with Gasteiger partial charge in [0, 0.05) is 29.1 Å². The normalized spacial score (nSPS) is 12.9. The second kappa shape index (κ2) is 4.12. The number of ether oxygens (including phenoxy) is 1. The Balaban J connectivity index is 2.09. The highest BCUT2D eigenvalue weighted by molar-refractivity contribution is 5.94. The van der Waals surface area contributed by atoms with E-state index >= 15 is 0 Å². The Kier molecular flexibility index (Phi) is 2.38. The van der Waals surface area contributed by atoms with Crippen LogP contribution < -0.4 is 4.74 Å². The molecule has 20 heavy (non-hydrogen) atoms. The monoisotopic (exact) mass is 265 g/mol. The van der Waals surface area contributed by atoms with E-state index in [1.807, 2.05) is 24.3 Å². The van der Waals surface area contributed by atoms with Crippen LogP contribution in [0, 0.1) is 0 Å². The van der Waals surface area contributed by atoms with Gasteiger partial charge in [0.1, 0.15) is 12.4 Å². The number of aromatic nitrogens is 1. The Morgan fingerprint density at radius 1 is 1.20 bits per heavy atom. The molecule has 2 aromatic carbocycles. The standard InChI is InChI=1S/C17H15NO2/c1-18-15-7-6-11(9-19)8-13(15)14-10-20-16-5-3-2-4-12(16)17(14)18/h2-8,19H,9-10H2,1H3. The lowest BCUT2D eigenvalue weighted by atomic mass is 10.0. The minimum atomic E-state index is 0.0665. The Bertz CT molecular complexity index is 817. The first-order valence-corrected chi connectivity index (χ1v) is 6.73. The molecule has 0 saturated heterocycles. The van der Waals surface area contributed by atoms with Crippen molar-refractivity contribution in [1.82, 2.24) is 4.57 Å². The maximum absolute atomic E-state index is 9.33. The summed E-state index contributed by atoms with van der Waals surface area (Å²) in [4.78, 5) is 0. The lowest BCUT2D eigenvalue weighted by Crippen LogP contribution is -2.06. The third-order valence-corrected chi connectivity index (χ3v) is 4.07. The topological polar surface area (TPSA) is 34.4 Å². The molecule has 0 bridgehead atoms. The van der Waals surface area contributed by atoms with Gasteiger partial charge in [-0.05, 0) is 29.8 Å². The summed E-state index contributed by atoms with van der Waals surface area (Å²) >= 11 is 0. The van der Waals surface area contributed by atoms with E-state index in [0.29, 0.717) is 6.61 Å². The van der Waals surface area contributed by atoms with Gasteiger partial charge in [-0.1, -0.05) is 18.2 Å². The molecule has 2 heterocycles. The van der Waals surface area contributed by atoms with E-state index in [1.165, 1.54) is 22.2 Å². The van der Waals surface area contributed by atoms with Crippen LogP contribution in [0.5, 0.6) is 5.75 Å². The van der Waals surface area contributed by atoms with Crippen molar-refractivity contribution in [3.05, 3.63) is 53.6 Å². The maximum atomic E-state index is 9.33. The van der Waals surface area contributed by atoms with Crippen LogP contribution in [0.3, 0.4) is 0 Å². The number of aryl methyl sites for hydroxylation is 1. The summed E-state index contributed by atoms with van der Waals surface area (Å²) in [5, 5.41) is 10.5. The predicted octanol–water partition coefficient (Wildman–Crippen LogP) is 3.23. The molecule has 3 nitrogen and oxygen atoms in total. The smallest absolute Gasteiger partial charge is 0.129 e. The molecule has 3 aromatic rings. The molecule has 1 N–H and O–H groups in total. The molecule has 0 atom stereocenters. The number of benzene rings is 2. The summed E-state index contributed by atoms with van der Waals surface area (Å²) in [6.07, 6.45) is 0. The molecule has 0 saturated carbocycles. The molecule has 0 aliphatic carbocycles. The summed E-state index contributed by atoms with van der Waals surface area (Å²) < 4.78 is 8.08. The number of rotatable bonds is 1. The van der Waals surface area contributed by atoms with Gasteiger partial charge in [-0.15, -0.1) is 0 Å². The van der Waals surface area contributed by atoms with Gasteiger partial charge < -0.3 is 14.4 Å². The Hall–Kier alpha value is -2.26. The molecule has 1 aromatic heterocycles. The van der Waals surface area contributed by atoms with Crippen molar-refractivity contribution in [3.63, 3.8) is 0 Å². The molecule has 0 amide bonds. The van der Waals surface area contributed by atoms with Crippen molar-refractivity contribution in [2.45, 2.75) is 13.2 Å². The van der Waals surface area contributed by atoms with Gasteiger partial charge in [-0.2, -0.15) is 0 Å². The third-order valence-electron chi connectivity index (χ3n) is 4.07.